The molecule has 3 nitrogen and oxygen atoms in total. The minimum absolute atomic E-state index is 0.203. The number of piperidine rings is 1. The molecular weight excluding hydrogens is 280 g/mol. The van der Waals surface area contributed by atoms with Crippen LogP contribution in [0, 0.1) is 18.8 Å². The van der Waals surface area contributed by atoms with Gasteiger partial charge in [-0.2, -0.15) is 0 Å². The van der Waals surface area contributed by atoms with E-state index < -0.39 is 0 Å². The molecule has 2 heterocycles. The predicted octanol–water partition coefficient (Wildman–Crippen LogP) is 3.13. The first kappa shape index (κ1) is 16.5. The molecule has 1 amide bonds. The van der Waals surface area contributed by atoms with Crippen molar-refractivity contribution in [1.29, 1.82) is 0 Å². The van der Waals surface area contributed by atoms with Crippen LogP contribution in [0.2, 0.25) is 0 Å². The van der Waals surface area contributed by atoms with Gasteiger partial charge in [0.05, 0.1) is 0 Å². The largest absolute Gasteiger partial charge is 0.353 e. The maximum atomic E-state index is 12.2. The van der Waals surface area contributed by atoms with Gasteiger partial charge in [0.25, 0.3) is 0 Å². The summed E-state index contributed by atoms with van der Waals surface area (Å²) in [6.45, 7) is 8.63. The molecule has 2 N–H and O–H groups in total. The minimum atomic E-state index is 0.203. The summed E-state index contributed by atoms with van der Waals surface area (Å²) in [7, 11) is 0. The van der Waals surface area contributed by atoms with Crippen LogP contribution >= 0.6 is 11.3 Å². The Morgan fingerprint density at radius 2 is 2.29 bits per heavy atom. The summed E-state index contributed by atoms with van der Waals surface area (Å²) < 4.78 is 0. The summed E-state index contributed by atoms with van der Waals surface area (Å²) in [5.74, 6) is 1.32. The lowest BCUT2D eigenvalue weighted by Gasteiger charge is -2.28. The second-order valence-corrected chi connectivity index (χ2v) is 7.85. The van der Waals surface area contributed by atoms with Crippen molar-refractivity contribution >= 4 is 17.2 Å². The Bertz CT molecular complexity index is 451. The maximum Gasteiger partial charge on any atom is 0.220 e. The SMILES string of the molecule is Cc1ccc(CC(C)NC(=O)CC(C)C2CCCNC2)s1. The molecule has 0 saturated carbocycles. The first-order valence-corrected chi connectivity index (χ1v) is 8.91. The van der Waals surface area contributed by atoms with Crippen LogP contribution < -0.4 is 10.6 Å². The highest BCUT2D eigenvalue weighted by atomic mass is 32.1. The number of hydrogen-bond donors (Lipinski definition) is 2. The Balaban J connectivity index is 1.72. The number of thiophene rings is 1. The van der Waals surface area contributed by atoms with Crippen molar-refractivity contribution < 1.29 is 4.79 Å². The molecule has 0 aromatic carbocycles. The lowest BCUT2D eigenvalue weighted by Crippen LogP contribution is -2.38. The molecule has 4 heteroatoms. The van der Waals surface area contributed by atoms with Gasteiger partial charge in [-0.15, -0.1) is 11.3 Å². The van der Waals surface area contributed by atoms with Crippen LogP contribution in [0.1, 0.15) is 42.9 Å². The lowest BCUT2D eigenvalue weighted by atomic mass is 9.85. The lowest BCUT2D eigenvalue weighted by molar-refractivity contribution is -0.122. The summed E-state index contributed by atoms with van der Waals surface area (Å²) >= 11 is 1.82. The van der Waals surface area contributed by atoms with Gasteiger partial charge in [0.1, 0.15) is 0 Å². The predicted molar refractivity (Wildman–Crippen MR) is 89.7 cm³/mol. The highest BCUT2D eigenvalue weighted by molar-refractivity contribution is 7.11. The highest BCUT2D eigenvalue weighted by Crippen LogP contribution is 2.22. The van der Waals surface area contributed by atoms with Crippen molar-refractivity contribution in [2.45, 2.75) is 52.5 Å². The van der Waals surface area contributed by atoms with Crippen molar-refractivity contribution in [2.75, 3.05) is 13.1 Å². The number of rotatable bonds is 6. The van der Waals surface area contributed by atoms with Crippen LogP contribution in [0.5, 0.6) is 0 Å². The maximum absolute atomic E-state index is 12.2. The number of nitrogens with one attached hydrogen (secondary N) is 2. The van der Waals surface area contributed by atoms with Gasteiger partial charge in [0.15, 0.2) is 0 Å². The normalized spacial score (nSPS) is 21.8. The standard InChI is InChI=1S/C17H28N2OS/c1-12(15-5-4-8-18-11-15)9-17(20)19-13(2)10-16-7-6-14(3)21-16/h6-7,12-13,15,18H,4-5,8-11H2,1-3H3,(H,19,20). The molecular formula is C17H28N2OS. The molecule has 1 aromatic heterocycles. The van der Waals surface area contributed by atoms with Crippen molar-refractivity contribution in [3.63, 3.8) is 0 Å². The number of aryl methyl sites for hydroxylation is 1. The molecule has 0 spiro atoms. The van der Waals surface area contributed by atoms with E-state index in [4.69, 9.17) is 0 Å². The quantitative estimate of drug-likeness (QED) is 0.848. The van der Waals surface area contributed by atoms with E-state index in [0.717, 1.165) is 19.5 Å². The Kier molecular flexibility index (Phi) is 6.24. The molecule has 3 atom stereocenters. The van der Waals surface area contributed by atoms with Crippen molar-refractivity contribution in [3.8, 4) is 0 Å². The highest BCUT2D eigenvalue weighted by Gasteiger charge is 2.22. The van der Waals surface area contributed by atoms with E-state index in [0.29, 0.717) is 18.3 Å². The van der Waals surface area contributed by atoms with E-state index in [9.17, 15) is 4.79 Å². The van der Waals surface area contributed by atoms with Crippen LogP contribution in [0.15, 0.2) is 12.1 Å². The van der Waals surface area contributed by atoms with Gasteiger partial charge in [0, 0.05) is 28.6 Å². The van der Waals surface area contributed by atoms with E-state index in [-0.39, 0.29) is 11.9 Å². The zero-order valence-electron chi connectivity index (χ0n) is 13.4. The van der Waals surface area contributed by atoms with Gasteiger partial charge in [0.2, 0.25) is 5.91 Å². The average molecular weight is 308 g/mol. The fraction of sp³-hybridized carbons (Fsp3) is 0.706. The summed E-state index contributed by atoms with van der Waals surface area (Å²) in [6, 6.07) is 4.53. The number of carbonyl (C=O) groups is 1. The number of amides is 1. The molecule has 118 valence electrons. The topological polar surface area (TPSA) is 41.1 Å². The Labute approximate surface area is 132 Å². The van der Waals surface area contributed by atoms with E-state index in [1.54, 1.807) is 0 Å². The molecule has 1 aromatic rings. The molecule has 1 aliphatic rings. The molecule has 0 bridgehead atoms. The van der Waals surface area contributed by atoms with Crippen molar-refractivity contribution in [1.82, 2.24) is 10.6 Å². The molecule has 2 rings (SSSR count). The van der Waals surface area contributed by atoms with Gasteiger partial charge in [-0.05, 0) is 63.7 Å². The average Bonchev–Trinajstić information content (AvgIpc) is 2.84. The van der Waals surface area contributed by atoms with Gasteiger partial charge < -0.3 is 10.6 Å². The summed E-state index contributed by atoms with van der Waals surface area (Å²) in [5.41, 5.74) is 0. The molecule has 0 radical (unpaired) electrons. The monoisotopic (exact) mass is 308 g/mol. The summed E-state index contributed by atoms with van der Waals surface area (Å²) in [5, 5.41) is 6.59. The molecule has 1 saturated heterocycles. The van der Waals surface area contributed by atoms with Gasteiger partial charge in [-0.1, -0.05) is 6.92 Å². The van der Waals surface area contributed by atoms with Crippen molar-refractivity contribution in [3.05, 3.63) is 21.9 Å². The third-order valence-electron chi connectivity index (χ3n) is 4.36. The van der Waals surface area contributed by atoms with Crippen LogP contribution in [0.25, 0.3) is 0 Å². The first-order valence-electron chi connectivity index (χ1n) is 8.10. The zero-order chi connectivity index (χ0) is 15.2. The van der Waals surface area contributed by atoms with Crippen molar-refractivity contribution in [2.24, 2.45) is 11.8 Å². The van der Waals surface area contributed by atoms with Crippen LogP contribution in [-0.4, -0.2) is 25.0 Å². The Morgan fingerprint density at radius 1 is 1.48 bits per heavy atom. The van der Waals surface area contributed by atoms with Crippen LogP contribution in [0.3, 0.4) is 0 Å². The van der Waals surface area contributed by atoms with Gasteiger partial charge in [-0.3, -0.25) is 4.79 Å². The molecule has 1 fully saturated rings. The van der Waals surface area contributed by atoms with Crippen LogP contribution in [0.4, 0.5) is 0 Å². The second-order valence-electron chi connectivity index (χ2n) is 6.47. The Hall–Kier alpha value is -0.870. The third-order valence-corrected chi connectivity index (χ3v) is 5.38. The van der Waals surface area contributed by atoms with Gasteiger partial charge >= 0.3 is 0 Å². The molecule has 3 unspecified atom stereocenters. The number of hydrogen-bond acceptors (Lipinski definition) is 3. The third kappa shape index (κ3) is 5.44. The minimum Gasteiger partial charge on any atom is -0.353 e. The molecule has 1 aliphatic heterocycles. The molecule has 21 heavy (non-hydrogen) atoms. The molecule has 0 aliphatic carbocycles. The summed E-state index contributed by atoms with van der Waals surface area (Å²) in [6.07, 6.45) is 4.08. The fourth-order valence-corrected chi connectivity index (χ4v) is 4.12. The zero-order valence-corrected chi connectivity index (χ0v) is 14.3. The second kappa shape index (κ2) is 7.95. The van der Waals surface area contributed by atoms with E-state index in [1.807, 2.05) is 11.3 Å². The van der Waals surface area contributed by atoms with E-state index >= 15 is 0 Å². The van der Waals surface area contributed by atoms with Crippen LogP contribution in [-0.2, 0) is 11.2 Å². The van der Waals surface area contributed by atoms with E-state index in [2.05, 4.69) is 43.5 Å². The summed E-state index contributed by atoms with van der Waals surface area (Å²) in [4.78, 5) is 14.9. The smallest absolute Gasteiger partial charge is 0.220 e. The van der Waals surface area contributed by atoms with E-state index in [1.165, 1.54) is 22.6 Å². The Morgan fingerprint density at radius 3 is 2.90 bits per heavy atom. The number of carbonyl (C=O) groups excluding carboxylic acids is 1. The van der Waals surface area contributed by atoms with Gasteiger partial charge in [-0.25, -0.2) is 0 Å². The first-order chi connectivity index (χ1) is 10.0. The fourth-order valence-electron chi connectivity index (χ4n) is 3.10.